The number of methoxy groups -OCH3 is 1. The molecule has 3 aromatic rings. The van der Waals surface area contributed by atoms with E-state index in [0.29, 0.717) is 35.4 Å². The largest absolute Gasteiger partial charge is 0.462 e. The van der Waals surface area contributed by atoms with Crippen molar-refractivity contribution >= 4 is 11.7 Å². The van der Waals surface area contributed by atoms with Crippen LogP contribution in [-0.2, 0) is 22.7 Å². The lowest BCUT2D eigenvalue weighted by atomic mass is 10.2. The summed E-state index contributed by atoms with van der Waals surface area (Å²) in [5, 5.41) is 15.9. The summed E-state index contributed by atoms with van der Waals surface area (Å²) in [4.78, 5) is 22.6. The Morgan fingerprint density at radius 2 is 2.20 bits per heavy atom. The zero-order valence-corrected chi connectivity index (χ0v) is 16.6. The van der Waals surface area contributed by atoms with Gasteiger partial charge >= 0.3 is 0 Å². The Labute approximate surface area is 172 Å². The molecule has 2 N–H and O–H groups in total. The smallest absolute Gasteiger partial charge is 0.251 e. The van der Waals surface area contributed by atoms with Crippen molar-refractivity contribution in [1.82, 2.24) is 20.0 Å². The van der Waals surface area contributed by atoms with Gasteiger partial charge in [-0.1, -0.05) is 5.16 Å². The van der Waals surface area contributed by atoms with Crippen molar-refractivity contribution in [2.45, 2.75) is 32.0 Å². The van der Waals surface area contributed by atoms with Crippen LogP contribution < -0.4 is 5.32 Å². The average Bonchev–Trinajstić information content (AvgIpc) is 3.49. The number of pyridine rings is 1. The SMILES string of the molecule is COCC(=O)Nc1ccc(-c2noc([C@H]3CCCN3Cc3ccc(CO)o3)n2)cn1. The van der Waals surface area contributed by atoms with E-state index in [4.69, 9.17) is 18.8 Å². The lowest BCUT2D eigenvalue weighted by Gasteiger charge is -2.19. The van der Waals surface area contributed by atoms with Crippen molar-refractivity contribution in [2.75, 3.05) is 25.6 Å². The number of aromatic nitrogens is 3. The second kappa shape index (κ2) is 9.16. The predicted molar refractivity (Wildman–Crippen MR) is 105 cm³/mol. The maximum absolute atomic E-state index is 11.6. The van der Waals surface area contributed by atoms with Gasteiger partial charge in [-0.3, -0.25) is 9.69 Å². The summed E-state index contributed by atoms with van der Waals surface area (Å²) in [5.41, 5.74) is 0.693. The van der Waals surface area contributed by atoms with Crippen LogP contribution in [0.2, 0.25) is 0 Å². The minimum Gasteiger partial charge on any atom is -0.462 e. The van der Waals surface area contributed by atoms with Gasteiger partial charge in [0.2, 0.25) is 11.7 Å². The standard InChI is InChI=1S/C20H23N5O5/c1-28-12-18(27)22-17-7-4-13(9-21-17)19-23-20(30-24-19)16-3-2-8-25(16)10-14-5-6-15(11-26)29-14/h4-7,9,16,26H,2-3,8,10-12H2,1H3,(H,21,22,27)/t16-/m1/s1. The Morgan fingerprint density at radius 1 is 1.33 bits per heavy atom. The second-order valence-electron chi connectivity index (χ2n) is 7.02. The number of carbonyl (C=O) groups is 1. The van der Waals surface area contributed by atoms with Crippen LogP contribution in [0.15, 0.2) is 39.4 Å². The number of rotatable bonds is 8. The van der Waals surface area contributed by atoms with Gasteiger partial charge in [-0.15, -0.1) is 0 Å². The molecule has 30 heavy (non-hydrogen) atoms. The highest BCUT2D eigenvalue weighted by atomic mass is 16.5. The third-order valence-corrected chi connectivity index (χ3v) is 4.89. The molecule has 4 heterocycles. The molecule has 10 heteroatoms. The first-order chi connectivity index (χ1) is 14.7. The topological polar surface area (TPSA) is 127 Å². The van der Waals surface area contributed by atoms with Gasteiger partial charge in [0.1, 0.15) is 30.6 Å². The predicted octanol–water partition coefficient (Wildman–Crippen LogP) is 2.14. The molecule has 0 bridgehead atoms. The molecule has 1 amide bonds. The van der Waals surface area contributed by atoms with Crippen molar-refractivity contribution < 1.29 is 23.6 Å². The Kier molecular flexibility index (Phi) is 6.17. The van der Waals surface area contributed by atoms with Crippen molar-refractivity contribution in [2.24, 2.45) is 0 Å². The summed E-state index contributed by atoms with van der Waals surface area (Å²) in [7, 11) is 1.45. The fourth-order valence-corrected chi connectivity index (χ4v) is 3.49. The van der Waals surface area contributed by atoms with E-state index in [1.165, 1.54) is 7.11 Å². The number of nitrogens with one attached hydrogen (secondary N) is 1. The van der Waals surface area contributed by atoms with Crippen molar-refractivity contribution in [1.29, 1.82) is 0 Å². The number of carbonyl (C=O) groups excluding carboxylic acids is 1. The summed E-state index contributed by atoms with van der Waals surface area (Å²) in [6.07, 6.45) is 3.52. The average molecular weight is 413 g/mol. The fourth-order valence-electron chi connectivity index (χ4n) is 3.49. The summed E-state index contributed by atoms with van der Waals surface area (Å²) >= 11 is 0. The summed E-state index contributed by atoms with van der Waals surface area (Å²) in [6, 6.07) is 7.11. The van der Waals surface area contributed by atoms with Crippen LogP contribution in [0.4, 0.5) is 5.82 Å². The molecule has 0 radical (unpaired) electrons. The molecule has 1 atom stereocenters. The number of aliphatic hydroxyl groups excluding tert-OH is 1. The molecule has 0 unspecified atom stereocenters. The number of anilines is 1. The molecule has 4 rings (SSSR count). The number of nitrogens with zero attached hydrogens (tertiary/aromatic N) is 4. The van der Waals surface area contributed by atoms with Gasteiger partial charge < -0.3 is 24.1 Å². The van der Waals surface area contributed by atoms with E-state index in [1.807, 2.05) is 6.07 Å². The molecule has 0 spiro atoms. The van der Waals surface area contributed by atoms with Gasteiger partial charge in [0.15, 0.2) is 0 Å². The van der Waals surface area contributed by atoms with Crippen molar-refractivity contribution in [3.05, 3.63) is 47.9 Å². The Hall–Kier alpha value is -3.08. The lowest BCUT2D eigenvalue weighted by Crippen LogP contribution is -2.22. The third-order valence-electron chi connectivity index (χ3n) is 4.89. The van der Waals surface area contributed by atoms with Gasteiger partial charge in [-0.05, 0) is 43.7 Å². The van der Waals surface area contributed by atoms with Crippen LogP contribution in [0.3, 0.4) is 0 Å². The molecule has 3 aromatic heterocycles. The van der Waals surface area contributed by atoms with Gasteiger partial charge in [0.05, 0.1) is 12.6 Å². The Bertz CT molecular complexity index is 984. The normalized spacial score (nSPS) is 16.8. The van der Waals surface area contributed by atoms with Gasteiger partial charge in [-0.25, -0.2) is 4.98 Å². The molecular weight excluding hydrogens is 390 g/mol. The first-order valence-electron chi connectivity index (χ1n) is 9.67. The third kappa shape index (κ3) is 4.56. The molecule has 158 valence electrons. The number of amides is 1. The van der Waals surface area contributed by atoms with E-state index >= 15 is 0 Å². The van der Waals surface area contributed by atoms with Gasteiger partial charge in [-0.2, -0.15) is 4.98 Å². The van der Waals surface area contributed by atoms with E-state index in [2.05, 4.69) is 25.3 Å². The van der Waals surface area contributed by atoms with E-state index in [9.17, 15) is 4.79 Å². The summed E-state index contributed by atoms with van der Waals surface area (Å²) in [5.74, 6) is 2.49. The zero-order chi connectivity index (χ0) is 20.9. The maximum atomic E-state index is 11.6. The first kappa shape index (κ1) is 20.2. The molecule has 0 saturated carbocycles. The molecule has 1 saturated heterocycles. The molecule has 1 aliphatic rings. The molecule has 1 fully saturated rings. The number of ether oxygens (including phenoxy) is 1. The quantitative estimate of drug-likeness (QED) is 0.571. The van der Waals surface area contributed by atoms with Crippen molar-refractivity contribution in [3.8, 4) is 11.4 Å². The minimum absolute atomic E-state index is 0.00879. The summed E-state index contributed by atoms with van der Waals surface area (Å²) in [6.45, 7) is 1.36. The van der Waals surface area contributed by atoms with E-state index in [-0.39, 0.29) is 25.2 Å². The van der Waals surface area contributed by atoms with E-state index in [1.54, 1.807) is 24.4 Å². The van der Waals surface area contributed by atoms with Gasteiger partial charge in [0.25, 0.3) is 5.91 Å². The highest BCUT2D eigenvalue weighted by Gasteiger charge is 2.31. The number of aliphatic hydroxyl groups is 1. The van der Waals surface area contributed by atoms with Crippen LogP contribution >= 0.6 is 0 Å². The molecule has 0 aliphatic carbocycles. The maximum Gasteiger partial charge on any atom is 0.251 e. The second-order valence-corrected chi connectivity index (χ2v) is 7.02. The van der Waals surface area contributed by atoms with Crippen LogP contribution in [-0.4, -0.2) is 51.3 Å². The summed E-state index contributed by atoms with van der Waals surface area (Å²) < 4.78 is 15.9. The fraction of sp³-hybridized carbons (Fsp3) is 0.400. The minimum atomic E-state index is -0.274. The highest BCUT2D eigenvalue weighted by Crippen LogP contribution is 2.33. The van der Waals surface area contributed by atoms with Crippen LogP contribution in [0, 0.1) is 0 Å². The Balaban J connectivity index is 1.43. The number of hydrogen-bond acceptors (Lipinski definition) is 9. The monoisotopic (exact) mass is 413 g/mol. The zero-order valence-electron chi connectivity index (χ0n) is 16.6. The van der Waals surface area contributed by atoms with Crippen LogP contribution in [0.25, 0.3) is 11.4 Å². The van der Waals surface area contributed by atoms with E-state index < -0.39 is 0 Å². The van der Waals surface area contributed by atoms with Crippen molar-refractivity contribution in [3.63, 3.8) is 0 Å². The molecule has 1 aliphatic heterocycles. The number of hydrogen-bond donors (Lipinski definition) is 2. The van der Waals surface area contributed by atoms with Gasteiger partial charge in [0, 0.05) is 18.9 Å². The Morgan fingerprint density at radius 3 is 2.93 bits per heavy atom. The highest BCUT2D eigenvalue weighted by molar-refractivity contribution is 5.90. The van der Waals surface area contributed by atoms with Crippen LogP contribution in [0.1, 0.15) is 36.3 Å². The molecular formula is C20H23N5O5. The number of furan rings is 1. The number of likely N-dealkylation sites (tertiary alicyclic amines) is 1. The molecule has 0 aromatic carbocycles. The lowest BCUT2D eigenvalue weighted by molar-refractivity contribution is -0.119. The molecule has 10 nitrogen and oxygen atoms in total. The van der Waals surface area contributed by atoms with E-state index in [0.717, 1.165) is 25.1 Å². The van der Waals surface area contributed by atoms with Crippen LogP contribution in [0.5, 0.6) is 0 Å². The first-order valence-corrected chi connectivity index (χ1v) is 9.67.